The Labute approximate surface area is 142 Å². The van der Waals surface area contributed by atoms with Gasteiger partial charge in [0.2, 0.25) is 10.0 Å². The van der Waals surface area contributed by atoms with Gasteiger partial charge < -0.3 is 4.74 Å². The fourth-order valence-corrected chi connectivity index (χ4v) is 6.05. The highest BCUT2D eigenvalue weighted by atomic mass is 35.5. The number of nitrogens with one attached hydrogen (secondary N) is 1. The van der Waals surface area contributed by atoms with Gasteiger partial charge in [-0.25, -0.2) is 21.6 Å². The molecule has 0 aromatic heterocycles. The highest BCUT2D eigenvalue weighted by Crippen LogP contribution is 2.27. The van der Waals surface area contributed by atoms with Gasteiger partial charge in [-0.2, -0.15) is 0 Å². The molecule has 1 heterocycles. The molecule has 0 bridgehead atoms. The number of hydrogen-bond donors (Lipinski definition) is 1. The molecule has 1 fully saturated rings. The summed E-state index contributed by atoms with van der Waals surface area (Å²) in [5, 5.41) is 0.308. The molecule has 1 atom stereocenters. The largest absolute Gasteiger partial charge is 0.495 e. The number of rotatable bonds is 7. The summed E-state index contributed by atoms with van der Waals surface area (Å²) in [5.74, 6) is 0.805. The van der Waals surface area contributed by atoms with Gasteiger partial charge in [-0.3, -0.25) is 0 Å². The monoisotopic (exact) mass is 381 g/mol. The first-order valence-electron chi connectivity index (χ1n) is 7.27. The smallest absolute Gasteiger partial charge is 0.244 e. The van der Waals surface area contributed by atoms with Gasteiger partial charge in [0.05, 0.1) is 18.6 Å². The second-order valence-corrected chi connectivity index (χ2v) is 10.0. The molecule has 23 heavy (non-hydrogen) atoms. The van der Waals surface area contributed by atoms with Gasteiger partial charge >= 0.3 is 0 Å². The maximum atomic E-state index is 12.3. The molecule has 2 rings (SSSR count). The molecule has 0 amide bonds. The highest BCUT2D eigenvalue weighted by Gasteiger charge is 2.27. The fourth-order valence-electron chi connectivity index (χ4n) is 2.64. The average molecular weight is 382 g/mol. The third-order valence-corrected chi connectivity index (χ3v) is 7.38. The molecule has 1 aromatic rings. The van der Waals surface area contributed by atoms with E-state index >= 15 is 0 Å². The summed E-state index contributed by atoms with van der Waals surface area (Å²) in [6.07, 6.45) is 1.94. The molecule has 0 aliphatic carbocycles. The summed E-state index contributed by atoms with van der Waals surface area (Å²) in [6.45, 7) is 0.245. The standard InChI is InChI=1S/C14H20ClNO5S2/c1-21-13-5-4-12(15)9-14(13)23(19,20)16-7-2-3-11-6-8-22(17,18)10-11/h4-5,9,11,16H,2-3,6-8,10H2,1H3. The van der Waals surface area contributed by atoms with Crippen LogP contribution in [0.2, 0.25) is 5.02 Å². The highest BCUT2D eigenvalue weighted by molar-refractivity contribution is 7.91. The predicted octanol–water partition coefficient (Wildman–Crippen LogP) is 1.84. The van der Waals surface area contributed by atoms with Crippen LogP contribution in [0, 0.1) is 5.92 Å². The van der Waals surface area contributed by atoms with Crippen LogP contribution in [0.5, 0.6) is 5.75 Å². The summed E-state index contributed by atoms with van der Waals surface area (Å²) >= 11 is 5.85. The number of benzene rings is 1. The Morgan fingerprint density at radius 3 is 2.74 bits per heavy atom. The van der Waals surface area contributed by atoms with Crippen LogP contribution in [0.15, 0.2) is 23.1 Å². The van der Waals surface area contributed by atoms with E-state index in [0.717, 1.165) is 0 Å². The van der Waals surface area contributed by atoms with E-state index in [1.807, 2.05) is 0 Å². The second kappa shape index (κ2) is 7.38. The first-order chi connectivity index (χ1) is 10.7. The van der Waals surface area contributed by atoms with Crippen molar-refractivity contribution in [2.75, 3.05) is 25.2 Å². The van der Waals surface area contributed by atoms with Gasteiger partial charge in [-0.1, -0.05) is 11.6 Å². The molecular weight excluding hydrogens is 362 g/mol. The van der Waals surface area contributed by atoms with E-state index in [-0.39, 0.29) is 34.6 Å². The maximum absolute atomic E-state index is 12.3. The first-order valence-corrected chi connectivity index (χ1v) is 11.0. The van der Waals surface area contributed by atoms with E-state index in [0.29, 0.717) is 24.3 Å². The Bertz CT molecular complexity index is 761. The van der Waals surface area contributed by atoms with Crippen molar-refractivity contribution in [1.29, 1.82) is 0 Å². The molecular formula is C14H20ClNO5S2. The molecule has 0 radical (unpaired) electrons. The molecule has 0 spiro atoms. The van der Waals surface area contributed by atoms with Crippen LogP contribution < -0.4 is 9.46 Å². The van der Waals surface area contributed by atoms with Crippen molar-refractivity contribution in [3.63, 3.8) is 0 Å². The molecule has 130 valence electrons. The zero-order valence-corrected chi connectivity index (χ0v) is 15.2. The molecule has 1 N–H and O–H groups in total. The molecule has 1 aromatic carbocycles. The van der Waals surface area contributed by atoms with Crippen molar-refractivity contribution in [2.45, 2.75) is 24.2 Å². The first kappa shape index (κ1) is 18.5. The van der Waals surface area contributed by atoms with Crippen LogP contribution in [-0.2, 0) is 19.9 Å². The van der Waals surface area contributed by atoms with Crippen LogP contribution in [-0.4, -0.2) is 42.0 Å². The lowest BCUT2D eigenvalue weighted by atomic mass is 10.0. The van der Waals surface area contributed by atoms with E-state index in [2.05, 4.69) is 4.72 Å². The van der Waals surface area contributed by atoms with E-state index in [9.17, 15) is 16.8 Å². The lowest BCUT2D eigenvalue weighted by Crippen LogP contribution is -2.25. The third kappa shape index (κ3) is 5.07. The summed E-state index contributed by atoms with van der Waals surface area (Å²) < 4.78 is 55.0. The van der Waals surface area contributed by atoms with Crippen LogP contribution in [0.1, 0.15) is 19.3 Å². The maximum Gasteiger partial charge on any atom is 0.244 e. The van der Waals surface area contributed by atoms with E-state index in [1.165, 1.54) is 19.2 Å². The van der Waals surface area contributed by atoms with Gasteiger partial charge in [0.25, 0.3) is 0 Å². The van der Waals surface area contributed by atoms with Crippen LogP contribution in [0.3, 0.4) is 0 Å². The average Bonchev–Trinajstić information content (AvgIpc) is 2.83. The summed E-state index contributed by atoms with van der Waals surface area (Å²) in [4.78, 5) is -0.00376. The predicted molar refractivity (Wildman–Crippen MR) is 89.2 cm³/mol. The lowest BCUT2D eigenvalue weighted by Gasteiger charge is -2.12. The molecule has 1 saturated heterocycles. The Morgan fingerprint density at radius 2 is 2.13 bits per heavy atom. The van der Waals surface area contributed by atoms with E-state index in [1.54, 1.807) is 6.07 Å². The van der Waals surface area contributed by atoms with Crippen molar-refractivity contribution < 1.29 is 21.6 Å². The van der Waals surface area contributed by atoms with Crippen molar-refractivity contribution in [3.05, 3.63) is 23.2 Å². The van der Waals surface area contributed by atoms with Crippen LogP contribution in [0.4, 0.5) is 0 Å². The number of halogens is 1. The van der Waals surface area contributed by atoms with Crippen molar-refractivity contribution in [2.24, 2.45) is 5.92 Å². The fraction of sp³-hybridized carbons (Fsp3) is 0.571. The van der Waals surface area contributed by atoms with Crippen molar-refractivity contribution >= 4 is 31.5 Å². The lowest BCUT2D eigenvalue weighted by molar-refractivity contribution is 0.402. The Hall–Kier alpha value is -0.830. The van der Waals surface area contributed by atoms with Crippen molar-refractivity contribution in [1.82, 2.24) is 4.72 Å². The number of sulfonamides is 1. The van der Waals surface area contributed by atoms with Crippen LogP contribution >= 0.6 is 11.6 Å². The SMILES string of the molecule is COc1ccc(Cl)cc1S(=O)(=O)NCCCC1CCS(=O)(=O)C1. The van der Waals surface area contributed by atoms with Gasteiger partial charge in [0, 0.05) is 11.6 Å². The van der Waals surface area contributed by atoms with E-state index in [4.69, 9.17) is 16.3 Å². The minimum atomic E-state index is -3.72. The van der Waals surface area contributed by atoms with Gasteiger partial charge in [0.1, 0.15) is 10.6 Å². The number of sulfone groups is 1. The minimum Gasteiger partial charge on any atom is -0.495 e. The summed E-state index contributed by atoms with van der Waals surface area (Å²) in [6, 6.07) is 4.40. The molecule has 1 aliphatic heterocycles. The Morgan fingerprint density at radius 1 is 1.39 bits per heavy atom. The summed E-state index contributed by atoms with van der Waals surface area (Å²) in [7, 11) is -5.22. The molecule has 1 aliphatic rings. The normalized spacial score (nSPS) is 20.5. The number of methoxy groups -OCH3 is 1. The number of ether oxygens (including phenoxy) is 1. The molecule has 9 heteroatoms. The van der Waals surface area contributed by atoms with Crippen molar-refractivity contribution in [3.8, 4) is 5.75 Å². The van der Waals surface area contributed by atoms with Gasteiger partial charge in [-0.05, 0) is 43.4 Å². The molecule has 1 unspecified atom stereocenters. The molecule has 0 saturated carbocycles. The van der Waals surface area contributed by atoms with E-state index < -0.39 is 19.9 Å². The summed E-state index contributed by atoms with van der Waals surface area (Å²) in [5.41, 5.74) is 0. The zero-order valence-electron chi connectivity index (χ0n) is 12.8. The van der Waals surface area contributed by atoms with Crippen LogP contribution in [0.25, 0.3) is 0 Å². The second-order valence-electron chi connectivity index (χ2n) is 5.60. The van der Waals surface area contributed by atoms with Gasteiger partial charge in [-0.15, -0.1) is 0 Å². The van der Waals surface area contributed by atoms with Gasteiger partial charge in [0.15, 0.2) is 9.84 Å². The molecule has 6 nitrogen and oxygen atoms in total. The quantitative estimate of drug-likeness (QED) is 0.728. The minimum absolute atomic E-state index is 0.00376. The third-order valence-electron chi connectivity index (χ3n) is 3.82. The Kier molecular flexibility index (Phi) is 5.94. The topological polar surface area (TPSA) is 89.5 Å². The zero-order chi connectivity index (χ0) is 17.1. The number of hydrogen-bond acceptors (Lipinski definition) is 5. The Balaban J connectivity index is 1.91.